The van der Waals surface area contributed by atoms with E-state index in [1.165, 1.54) is 6.08 Å². The molecule has 0 aromatic carbocycles. The minimum Gasteiger partial charge on any atom is -0.499 e. The van der Waals surface area contributed by atoms with Gasteiger partial charge in [0, 0.05) is 6.08 Å². The van der Waals surface area contributed by atoms with E-state index in [-0.39, 0.29) is 5.97 Å². The number of rotatable bonds is 7. The van der Waals surface area contributed by atoms with Gasteiger partial charge >= 0.3 is 5.97 Å². The fourth-order valence-corrected chi connectivity index (χ4v) is 0.752. The Morgan fingerprint density at radius 1 is 1.29 bits per heavy atom. The third-order valence-electron chi connectivity index (χ3n) is 1.69. The number of carbonyl (C=O) groups is 1. The molecule has 0 aromatic heterocycles. The molecule has 3 nitrogen and oxygen atoms in total. The molecule has 0 aliphatic carbocycles. The average molecular weight is 198 g/mol. The van der Waals surface area contributed by atoms with Gasteiger partial charge in [0.15, 0.2) is 0 Å². The number of carbonyl (C=O) groups excluding carboxylic acids is 1. The van der Waals surface area contributed by atoms with Crippen molar-refractivity contribution in [2.24, 2.45) is 0 Å². The average Bonchev–Trinajstić information content (AvgIpc) is 2.22. The summed E-state index contributed by atoms with van der Waals surface area (Å²) in [6.45, 7) is 8.25. The summed E-state index contributed by atoms with van der Waals surface area (Å²) in [7, 11) is 0. The van der Waals surface area contributed by atoms with Gasteiger partial charge in [-0.2, -0.15) is 0 Å². The van der Waals surface area contributed by atoms with E-state index in [1.807, 2.05) is 19.9 Å². The molecule has 0 rings (SSSR count). The van der Waals surface area contributed by atoms with Crippen LogP contribution in [0.2, 0.25) is 0 Å². The monoisotopic (exact) mass is 198 g/mol. The molecule has 0 fully saturated rings. The Bertz CT molecular complexity index is 201. The van der Waals surface area contributed by atoms with Crippen molar-refractivity contribution in [3.8, 4) is 0 Å². The van der Waals surface area contributed by atoms with E-state index < -0.39 is 0 Å². The Morgan fingerprint density at radius 2 is 1.86 bits per heavy atom. The molecule has 0 atom stereocenters. The van der Waals surface area contributed by atoms with E-state index in [4.69, 9.17) is 9.47 Å². The third kappa shape index (κ3) is 7.40. The maximum Gasteiger partial charge on any atom is 0.330 e. The van der Waals surface area contributed by atoms with Gasteiger partial charge in [0.2, 0.25) is 0 Å². The number of esters is 1. The molecular weight excluding hydrogens is 180 g/mol. The summed E-state index contributed by atoms with van der Waals surface area (Å²) in [5.41, 5.74) is 0. The van der Waals surface area contributed by atoms with Crippen LogP contribution in [0.5, 0.6) is 0 Å². The van der Waals surface area contributed by atoms with Crippen molar-refractivity contribution in [3.05, 3.63) is 24.5 Å². The van der Waals surface area contributed by atoms with Crippen LogP contribution in [0.1, 0.15) is 26.7 Å². The van der Waals surface area contributed by atoms with Crippen molar-refractivity contribution in [1.82, 2.24) is 0 Å². The number of hydrogen-bond acceptors (Lipinski definition) is 3. The topological polar surface area (TPSA) is 35.5 Å². The summed E-state index contributed by atoms with van der Waals surface area (Å²) in [6, 6.07) is 0. The van der Waals surface area contributed by atoms with Gasteiger partial charge in [-0.15, -0.1) is 0 Å². The Morgan fingerprint density at radius 3 is 2.36 bits per heavy atom. The fourth-order valence-electron chi connectivity index (χ4n) is 0.752. The highest BCUT2D eigenvalue weighted by Gasteiger charge is 1.95. The predicted octanol–water partition coefficient (Wildman–Crippen LogP) is 2.44. The molecule has 0 aliphatic rings. The second kappa shape index (κ2) is 8.35. The van der Waals surface area contributed by atoms with Crippen molar-refractivity contribution in [1.29, 1.82) is 0 Å². The van der Waals surface area contributed by atoms with Crippen LogP contribution in [0.3, 0.4) is 0 Å². The molecule has 0 saturated carbocycles. The van der Waals surface area contributed by atoms with Gasteiger partial charge in [0.25, 0.3) is 0 Å². The van der Waals surface area contributed by atoms with E-state index in [0.29, 0.717) is 13.2 Å². The Labute approximate surface area is 85.4 Å². The smallest absolute Gasteiger partial charge is 0.330 e. The lowest BCUT2D eigenvalue weighted by Crippen LogP contribution is -2.03. The number of allylic oxidation sites excluding steroid dienone is 2. The highest BCUT2D eigenvalue weighted by Crippen LogP contribution is 1.98. The second-order valence-corrected chi connectivity index (χ2v) is 2.83. The van der Waals surface area contributed by atoms with Crippen LogP contribution < -0.4 is 0 Å². The minimum atomic E-state index is -0.365. The first-order valence-corrected chi connectivity index (χ1v) is 4.75. The molecule has 0 unspecified atom stereocenters. The maximum absolute atomic E-state index is 10.6. The van der Waals surface area contributed by atoms with E-state index >= 15 is 0 Å². The van der Waals surface area contributed by atoms with Crippen molar-refractivity contribution in [2.75, 3.05) is 13.2 Å². The van der Waals surface area contributed by atoms with Crippen LogP contribution in [0.4, 0.5) is 0 Å². The van der Waals surface area contributed by atoms with Gasteiger partial charge in [-0.1, -0.05) is 12.7 Å². The molecule has 0 saturated heterocycles. The Balaban J connectivity index is 3.22. The first kappa shape index (κ1) is 12.8. The lowest BCUT2D eigenvalue weighted by Gasteiger charge is -2.05. The normalized spacial score (nSPS) is 10.9. The minimum absolute atomic E-state index is 0.365. The summed E-state index contributed by atoms with van der Waals surface area (Å²) in [6.07, 6.45) is 4.78. The first-order chi connectivity index (χ1) is 6.70. The molecule has 14 heavy (non-hydrogen) atoms. The van der Waals surface area contributed by atoms with Gasteiger partial charge in [-0.05, 0) is 26.7 Å². The molecule has 0 bridgehead atoms. The quantitative estimate of drug-likeness (QED) is 0.273. The maximum atomic E-state index is 10.6. The highest BCUT2D eigenvalue weighted by atomic mass is 16.5. The van der Waals surface area contributed by atoms with Gasteiger partial charge in [0.1, 0.15) is 0 Å². The molecule has 0 aromatic rings. The molecule has 0 heterocycles. The summed E-state index contributed by atoms with van der Waals surface area (Å²) in [5.74, 6) is 0.559. The number of ether oxygens (including phenoxy) is 2. The number of hydrogen-bond donors (Lipinski definition) is 0. The third-order valence-corrected chi connectivity index (χ3v) is 1.69. The predicted molar refractivity (Wildman–Crippen MR) is 55.8 cm³/mol. The molecule has 0 spiro atoms. The van der Waals surface area contributed by atoms with Crippen LogP contribution in [-0.4, -0.2) is 19.2 Å². The summed E-state index contributed by atoms with van der Waals surface area (Å²) >= 11 is 0. The molecule has 0 amide bonds. The van der Waals surface area contributed by atoms with E-state index in [2.05, 4.69) is 6.58 Å². The lowest BCUT2D eigenvalue weighted by atomic mass is 10.3. The SMILES string of the molecule is C=CC(=O)OCCCCO/C(C)=C/C. The van der Waals surface area contributed by atoms with Gasteiger partial charge in [0.05, 0.1) is 19.0 Å². The van der Waals surface area contributed by atoms with Crippen LogP contribution in [0.25, 0.3) is 0 Å². The molecule has 3 heteroatoms. The standard InChI is InChI=1S/C11H18O3/c1-4-10(3)13-8-6-7-9-14-11(12)5-2/h4-5H,2,6-9H2,1,3H3/b10-4+. The first-order valence-electron chi connectivity index (χ1n) is 4.75. The summed E-state index contributed by atoms with van der Waals surface area (Å²) in [4.78, 5) is 10.6. The lowest BCUT2D eigenvalue weighted by molar-refractivity contribution is -0.137. The van der Waals surface area contributed by atoms with Gasteiger partial charge in [-0.25, -0.2) is 4.79 Å². The largest absolute Gasteiger partial charge is 0.499 e. The van der Waals surface area contributed by atoms with Crippen molar-refractivity contribution >= 4 is 5.97 Å². The van der Waals surface area contributed by atoms with E-state index in [1.54, 1.807) is 0 Å². The molecule has 0 aliphatic heterocycles. The van der Waals surface area contributed by atoms with Crippen molar-refractivity contribution in [3.63, 3.8) is 0 Å². The zero-order valence-corrected chi connectivity index (χ0v) is 8.91. The zero-order valence-electron chi connectivity index (χ0n) is 8.91. The van der Waals surface area contributed by atoms with Crippen molar-refractivity contribution in [2.45, 2.75) is 26.7 Å². The molecule has 80 valence electrons. The van der Waals surface area contributed by atoms with E-state index in [9.17, 15) is 4.79 Å². The number of unbranched alkanes of at least 4 members (excludes halogenated alkanes) is 1. The van der Waals surface area contributed by atoms with Crippen molar-refractivity contribution < 1.29 is 14.3 Å². The summed E-state index contributed by atoms with van der Waals surface area (Å²) in [5, 5.41) is 0. The second-order valence-electron chi connectivity index (χ2n) is 2.83. The van der Waals surface area contributed by atoms with Gasteiger partial charge < -0.3 is 9.47 Å². The van der Waals surface area contributed by atoms with Crippen LogP contribution >= 0.6 is 0 Å². The molecule has 0 N–H and O–H groups in total. The molecule has 0 radical (unpaired) electrons. The van der Waals surface area contributed by atoms with Crippen LogP contribution in [-0.2, 0) is 14.3 Å². The zero-order chi connectivity index (χ0) is 10.8. The fraction of sp³-hybridized carbons (Fsp3) is 0.545. The summed E-state index contributed by atoms with van der Waals surface area (Å²) < 4.78 is 10.1. The molecular formula is C11H18O3. The van der Waals surface area contributed by atoms with Crippen LogP contribution in [0, 0.1) is 0 Å². The van der Waals surface area contributed by atoms with Crippen LogP contribution in [0.15, 0.2) is 24.5 Å². The Hall–Kier alpha value is -1.25. The van der Waals surface area contributed by atoms with Gasteiger partial charge in [-0.3, -0.25) is 0 Å². The Kier molecular flexibility index (Phi) is 7.61. The highest BCUT2D eigenvalue weighted by molar-refractivity contribution is 5.81. The van der Waals surface area contributed by atoms with E-state index in [0.717, 1.165) is 18.6 Å².